The number of halogens is 1. The molecule has 2 rings (SSSR count). The molecular weight excluding hydrogens is 278 g/mol. The fourth-order valence-electron chi connectivity index (χ4n) is 1.63. The number of carbonyl (C=O) groups is 1. The summed E-state index contributed by atoms with van der Waals surface area (Å²) in [6.45, 7) is 0. The summed E-state index contributed by atoms with van der Waals surface area (Å²) in [5.41, 5.74) is 0.669. The summed E-state index contributed by atoms with van der Waals surface area (Å²) in [5, 5.41) is 2.65. The summed E-state index contributed by atoms with van der Waals surface area (Å²) in [4.78, 5) is 11.1. The van der Waals surface area contributed by atoms with E-state index in [1.807, 2.05) is 24.3 Å². The number of alkyl halides is 1. The second kappa shape index (κ2) is 6.82. The average molecular weight is 292 g/mol. The van der Waals surface area contributed by atoms with Crippen LogP contribution in [-0.4, -0.2) is 18.9 Å². The van der Waals surface area contributed by atoms with E-state index >= 15 is 0 Å². The number of nitrogens with one attached hydrogen (secondary N) is 1. The molecule has 1 N–H and O–H groups in total. The molecule has 0 aliphatic heterocycles. The SMILES string of the molecule is COc1ccccc1Oc1ccc(NC(=O)CCl)cc1. The maximum absolute atomic E-state index is 11.1. The van der Waals surface area contributed by atoms with E-state index in [0.29, 0.717) is 22.9 Å². The Bertz CT molecular complexity index is 584. The Hall–Kier alpha value is -2.20. The molecule has 0 aromatic heterocycles. The Morgan fingerprint density at radius 2 is 1.75 bits per heavy atom. The van der Waals surface area contributed by atoms with E-state index < -0.39 is 0 Å². The predicted molar refractivity (Wildman–Crippen MR) is 78.9 cm³/mol. The first-order valence-corrected chi connectivity index (χ1v) is 6.53. The van der Waals surface area contributed by atoms with Gasteiger partial charge in [0.1, 0.15) is 11.6 Å². The lowest BCUT2D eigenvalue weighted by atomic mass is 10.3. The number of benzene rings is 2. The van der Waals surface area contributed by atoms with Crippen LogP contribution < -0.4 is 14.8 Å². The van der Waals surface area contributed by atoms with Crippen molar-refractivity contribution in [2.45, 2.75) is 0 Å². The van der Waals surface area contributed by atoms with Crippen molar-refractivity contribution in [3.63, 3.8) is 0 Å². The highest BCUT2D eigenvalue weighted by molar-refractivity contribution is 6.29. The van der Waals surface area contributed by atoms with Crippen LogP contribution in [0.2, 0.25) is 0 Å². The molecule has 0 unspecified atom stereocenters. The van der Waals surface area contributed by atoms with Crippen LogP contribution in [0, 0.1) is 0 Å². The van der Waals surface area contributed by atoms with Gasteiger partial charge in [0.15, 0.2) is 11.5 Å². The summed E-state index contributed by atoms with van der Waals surface area (Å²) < 4.78 is 10.9. The van der Waals surface area contributed by atoms with Gasteiger partial charge in [0.25, 0.3) is 0 Å². The quantitative estimate of drug-likeness (QED) is 0.855. The Labute approximate surface area is 122 Å². The fourth-order valence-corrected chi connectivity index (χ4v) is 1.70. The van der Waals surface area contributed by atoms with Crippen molar-refractivity contribution in [3.8, 4) is 17.2 Å². The molecule has 2 aromatic rings. The molecule has 0 radical (unpaired) electrons. The van der Waals surface area contributed by atoms with E-state index in [-0.39, 0.29) is 11.8 Å². The molecule has 0 spiro atoms. The van der Waals surface area contributed by atoms with Crippen molar-refractivity contribution in [3.05, 3.63) is 48.5 Å². The molecule has 1 amide bonds. The zero-order valence-corrected chi connectivity index (χ0v) is 11.7. The summed E-state index contributed by atoms with van der Waals surface area (Å²) in [7, 11) is 1.59. The third-order valence-corrected chi connectivity index (χ3v) is 2.80. The number of methoxy groups -OCH3 is 1. The molecule has 0 fully saturated rings. The molecule has 20 heavy (non-hydrogen) atoms. The molecule has 0 saturated carbocycles. The fraction of sp³-hybridized carbons (Fsp3) is 0.133. The lowest BCUT2D eigenvalue weighted by Crippen LogP contribution is -2.12. The van der Waals surface area contributed by atoms with E-state index in [1.165, 1.54) is 0 Å². The summed E-state index contributed by atoms with van der Waals surface area (Å²) in [5.74, 6) is 1.63. The Morgan fingerprint density at radius 1 is 1.10 bits per heavy atom. The van der Waals surface area contributed by atoms with Gasteiger partial charge in [-0.05, 0) is 36.4 Å². The molecule has 4 nitrogen and oxygen atoms in total. The number of para-hydroxylation sites is 2. The molecule has 0 heterocycles. The molecule has 0 saturated heterocycles. The van der Waals surface area contributed by atoms with Gasteiger partial charge in [-0.1, -0.05) is 12.1 Å². The minimum Gasteiger partial charge on any atom is -0.493 e. The van der Waals surface area contributed by atoms with E-state index in [1.54, 1.807) is 31.4 Å². The second-order valence-electron chi connectivity index (χ2n) is 3.96. The van der Waals surface area contributed by atoms with Crippen LogP contribution in [0.5, 0.6) is 17.2 Å². The topological polar surface area (TPSA) is 47.6 Å². The smallest absolute Gasteiger partial charge is 0.239 e. The first-order chi connectivity index (χ1) is 9.72. The van der Waals surface area contributed by atoms with Gasteiger partial charge in [0.2, 0.25) is 5.91 Å². The van der Waals surface area contributed by atoms with Crippen molar-refractivity contribution in [1.82, 2.24) is 0 Å². The lowest BCUT2D eigenvalue weighted by Gasteiger charge is -2.10. The monoisotopic (exact) mass is 291 g/mol. The van der Waals surface area contributed by atoms with Gasteiger partial charge < -0.3 is 14.8 Å². The van der Waals surface area contributed by atoms with Crippen molar-refractivity contribution < 1.29 is 14.3 Å². The Morgan fingerprint density at radius 3 is 2.35 bits per heavy atom. The van der Waals surface area contributed by atoms with Gasteiger partial charge in [-0.2, -0.15) is 0 Å². The second-order valence-corrected chi connectivity index (χ2v) is 4.23. The van der Waals surface area contributed by atoms with E-state index in [9.17, 15) is 4.79 Å². The first-order valence-electron chi connectivity index (χ1n) is 5.99. The molecular formula is C15H14ClNO3. The van der Waals surface area contributed by atoms with Gasteiger partial charge >= 0.3 is 0 Å². The Kier molecular flexibility index (Phi) is 4.85. The average Bonchev–Trinajstić information content (AvgIpc) is 2.49. The predicted octanol–water partition coefficient (Wildman–Crippen LogP) is 3.66. The third-order valence-electron chi connectivity index (χ3n) is 2.56. The largest absolute Gasteiger partial charge is 0.493 e. The molecule has 0 atom stereocenters. The van der Waals surface area contributed by atoms with Gasteiger partial charge in [0, 0.05) is 5.69 Å². The molecule has 0 bridgehead atoms. The minimum atomic E-state index is -0.245. The van der Waals surface area contributed by atoms with Gasteiger partial charge in [-0.15, -0.1) is 11.6 Å². The summed E-state index contributed by atoms with van der Waals surface area (Å²) >= 11 is 5.42. The van der Waals surface area contributed by atoms with Crippen molar-refractivity contribution >= 4 is 23.2 Å². The van der Waals surface area contributed by atoms with E-state index in [0.717, 1.165) is 0 Å². The third kappa shape index (κ3) is 3.65. The standard InChI is InChI=1S/C15H14ClNO3/c1-19-13-4-2-3-5-14(13)20-12-8-6-11(7-9-12)17-15(18)10-16/h2-9H,10H2,1H3,(H,17,18). The number of carbonyl (C=O) groups excluding carboxylic acids is 1. The number of rotatable bonds is 5. The van der Waals surface area contributed by atoms with Crippen LogP contribution in [0.25, 0.3) is 0 Å². The van der Waals surface area contributed by atoms with Gasteiger partial charge in [-0.3, -0.25) is 4.79 Å². The van der Waals surface area contributed by atoms with Gasteiger partial charge in [0.05, 0.1) is 7.11 Å². The van der Waals surface area contributed by atoms with E-state index in [2.05, 4.69) is 5.32 Å². The van der Waals surface area contributed by atoms with Crippen molar-refractivity contribution in [1.29, 1.82) is 0 Å². The van der Waals surface area contributed by atoms with Crippen LogP contribution in [-0.2, 0) is 4.79 Å². The zero-order valence-electron chi connectivity index (χ0n) is 10.9. The lowest BCUT2D eigenvalue weighted by molar-refractivity contribution is -0.113. The van der Waals surface area contributed by atoms with Crippen LogP contribution in [0.3, 0.4) is 0 Å². The summed E-state index contributed by atoms with van der Waals surface area (Å²) in [6, 6.07) is 14.4. The molecule has 0 aliphatic rings. The zero-order chi connectivity index (χ0) is 14.4. The van der Waals surface area contributed by atoms with Gasteiger partial charge in [-0.25, -0.2) is 0 Å². The molecule has 2 aromatic carbocycles. The normalized spacial score (nSPS) is 9.90. The Balaban J connectivity index is 2.09. The number of hydrogen-bond acceptors (Lipinski definition) is 3. The number of ether oxygens (including phenoxy) is 2. The first kappa shape index (κ1) is 14.2. The maximum atomic E-state index is 11.1. The molecule has 5 heteroatoms. The van der Waals surface area contributed by atoms with Crippen LogP contribution in [0.1, 0.15) is 0 Å². The molecule has 104 valence electrons. The van der Waals surface area contributed by atoms with Crippen molar-refractivity contribution in [2.75, 3.05) is 18.3 Å². The minimum absolute atomic E-state index is 0.0700. The summed E-state index contributed by atoms with van der Waals surface area (Å²) in [6.07, 6.45) is 0. The van der Waals surface area contributed by atoms with Crippen LogP contribution >= 0.6 is 11.6 Å². The highest BCUT2D eigenvalue weighted by Gasteiger charge is 2.05. The van der Waals surface area contributed by atoms with E-state index in [4.69, 9.17) is 21.1 Å². The number of hydrogen-bond donors (Lipinski definition) is 1. The number of amides is 1. The number of anilines is 1. The van der Waals surface area contributed by atoms with Crippen LogP contribution in [0.4, 0.5) is 5.69 Å². The van der Waals surface area contributed by atoms with Crippen molar-refractivity contribution in [2.24, 2.45) is 0 Å². The van der Waals surface area contributed by atoms with Crippen LogP contribution in [0.15, 0.2) is 48.5 Å². The highest BCUT2D eigenvalue weighted by Crippen LogP contribution is 2.31. The maximum Gasteiger partial charge on any atom is 0.239 e. The molecule has 0 aliphatic carbocycles. The highest BCUT2D eigenvalue weighted by atomic mass is 35.5.